The van der Waals surface area contributed by atoms with E-state index in [-0.39, 0.29) is 16.7 Å². The highest BCUT2D eigenvalue weighted by Crippen LogP contribution is 2.22. The lowest BCUT2D eigenvalue weighted by Gasteiger charge is -2.09. The Morgan fingerprint density at radius 3 is 2.41 bits per heavy atom. The smallest absolute Gasteiger partial charge is 0.286 e. The van der Waals surface area contributed by atoms with Crippen LogP contribution in [0, 0.1) is 6.92 Å². The van der Waals surface area contributed by atoms with Crippen LogP contribution in [0.15, 0.2) is 84.0 Å². The van der Waals surface area contributed by atoms with Gasteiger partial charge in [-0.15, -0.1) is 9.19 Å². The van der Waals surface area contributed by atoms with Gasteiger partial charge < -0.3 is 5.32 Å². The normalized spacial score (nSPS) is 11.3. The molecule has 0 aliphatic rings. The minimum absolute atomic E-state index is 0.147. The van der Waals surface area contributed by atoms with Crippen molar-refractivity contribution in [1.82, 2.24) is 19.2 Å². The lowest BCUT2D eigenvalue weighted by atomic mass is 10.2. The second-order valence-electron chi connectivity index (χ2n) is 6.50. The molecule has 146 valence electrons. The molecule has 2 aromatic carbocycles. The third-order valence-corrected chi connectivity index (χ3v) is 5.92. The predicted molar refractivity (Wildman–Crippen MR) is 111 cm³/mol. The number of anilines is 1. The average Bonchev–Trinajstić information content (AvgIpc) is 3.19. The molecule has 0 unspecified atom stereocenters. The number of rotatable bonds is 6. The van der Waals surface area contributed by atoms with Crippen molar-refractivity contribution >= 4 is 16.0 Å². The lowest BCUT2D eigenvalue weighted by Crippen LogP contribution is -2.18. The minimum atomic E-state index is -3.92. The molecule has 2 heterocycles. The van der Waals surface area contributed by atoms with E-state index in [0.29, 0.717) is 12.1 Å². The van der Waals surface area contributed by atoms with Gasteiger partial charge in [-0.25, -0.2) is 0 Å². The van der Waals surface area contributed by atoms with Crippen molar-refractivity contribution in [3.63, 3.8) is 0 Å². The van der Waals surface area contributed by atoms with Crippen molar-refractivity contribution in [2.75, 3.05) is 5.32 Å². The molecule has 0 amide bonds. The van der Waals surface area contributed by atoms with Crippen molar-refractivity contribution in [2.45, 2.75) is 18.4 Å². The summed E-state index contributed by atoms with van der Waals surface area (Å²) in [6, 6.07) is 19.8. The number of benzene rings is 2. The fourth-order valence-electron chi connectivity index (χ4n) is 2.78. The molecule has 4 rings (SSSR count). The van der Waals surface area contributed by atoms with Gasteiger partial charge in [0, 0.05) is 24.5 Å². The SMILES string of the molecule is Cc1ccc(S(=O)(=O)n2nc(-c3cccnc3)nc2NCc2ccccc2)cc1. The summed E-state index contributed by atoms with van der Waals surface area (Å²) >= 11 is 0. The molecule has 0 saturated heterocycles. The molecule has 0 fully saturated rings. The second kappa shape index (κ2) is 7.84. The molecule has 7 nitrogen and oxygen atoms in total. The zero-order valence-corrected chi connectivity index (χ0v) is 16.5. The highest BCUT2D eigenvalue weighted by molar-refractivity contribution is 7.90. The number of hydrogen-bond acceptors (Lipinski definition) is 6. The molecule has 0 atom stereocenters. The first-order valence-electron chi connectivity index (χ1n) is 9.01. The van der Waals surface area contributed by atoms with Gasteiger partial charge in [0.05, 0.1) is 4.90 Å². The van der Waals surface area contributed by atoms with Gasteiger partial charge in [0.15, 0.2) is 5.82 Å². The Bertz CT molecular complexity index is 1210. The Labute approximate surface area is 169 Å². The van der Waals surface area contributed by atoms with Crippen LogP contribution in [0.4, 0.5) is 5.95 Å². The summed E-state index contributed by atoms with van der Waals surface area (Å²) in [5, 5.41) is 7.38. The Morgan fingerprint density at radius 2 is 1.72 bits per heavy atom. The number of hydrogen-bond donors (Lipinski definition) is 1. The van der Waals surface area contributed by atoms with Crippen molar-refractivity contribution in [1.29, 1.82) is 0 Å². The fourth-order valence-corrected chi connectivity index (χ4v) is 3.98. The summed E-state index contributed by atoms with van der Waals surface area (Å²) in [4.78, 5) is 8.64. The van der Waals surface area contributed by atoms with Gasteiger partial charge >= 0.3 is 0 Å². The number of nitrogens with one attached hydrogen (secondary N) is 1. The van der Waals surface area contributed by atoms with Gasteiger partial charge in [-0.2, -0.15) is 13.4 Å². The molecule has 0 radical (unpaired) electrons. The second-order valence-corrected chi connectivity index (χ2v) is 8.27. The average molecular weight is 405 g/mol. The summed E-state index contributed by atoms with van der Waals surface area (Å²) in [5.74, 6) is 0.428. The third kappa shape index (κ3) is 4.02. The summed E-state index contributed by atoms with van der Waals surface area (Å²) in [6.07, 6.45) is 3.23. The minimum Gasteiger partial charge on any atom is -0.349 e. The highest BCUT2D eigenvalue weighted by Gasteiger charge is 2.24. The quantitative estimate of drug-likeness (QED) is 0.528. The first-order valence-corrected chi connectivity index (χ1v) is 10.5. The van der Waals surface area contributed by atoms with E-state index in [0.717, 1.165) is 15.2 Å². The first-order chi connectivity index (χ1) is 14.0. The van der Waals surface area contributed by atoms with Gasteiger partial charge in [-0.3, -0.25) is 4.98 Å². The van der Waals surface area contributed by atoms with E-state index < -0.39 is 10.0 Å². The molecule has 0 aliphatic heterocycles. The molecular formula is C21H19N5O2S. The predicted octanol–water partition coefficient (Wildman–Crippen LogP) is 3.50. The van der Waals surface area contributed by atoms with Crippen LogP contribution in [0.2, 0.25) is 0 Å². The van der Waals surface area contributed by atoms with Crippen LogP contribution in [0.5, 0.6) is 0 Å². The van der Waals surface area contributed by atoms with Crippen LogP contribution in [-0.2, 0) is 16.6 Å². The maximum atomic E-state index is 13.2. The van der Waals surface area contributed by atoms with Crippen LogP contribution in [0.3, 0.4) is 0 Å². The Hall–Kier alpha value is -3.52. The van der Waals surface area contributed by atoms with Crippen LogP contribution >= 0.6 is 0 Å². The van der Waals surface area contributed by atoms with E-state index in [1.54, 1.807) is 48.8 Å². The zero-order chi connectivity index (χ0) is 20.3. The number of pyridine rings is 1. The van der Waals surface area contributed by atoms with Gasteiger partial charge in [0.1, 0.15) is 0 Å². The third-order valence-electron chi connectivity index (χ3n) is 4.34. The molecule has 2 aromatic heterocycles. The number of aryl methyl sites for hydroxylation is 1. The van der Waals surface area contributed by atoms with Crippen LogP contribution < -0.4 is 5.32 Å². The molecule has 4 aromatic rings. The van der Waals surface area contributed by atoms with Crippen LogP contribution in [-0.4, -0.2) is 27.6 Å². The molecule has 29 heavy (non-hydrogen) atoms. The van der Waals surface area contributed by atoms with Gasteiger partial charge in [-0.05, 0) is 36.8 Å². The fraction of sp³-hybridized carbons (Fsp3) is 0.0952. The van der Waals surface area contributed by atoms with E-state index in [1.165, 1.54) is 0 Å². The van der Waals surface area contributed by atoms with E-state index in [4.69, 9.17) is 0 Å². The molecular weight excluding hydrogens is 386 g/mol. The highest BCUT2D eigenvalue weighted by atomic mass is 32.2. The topological polar surface area (TPSA) is 89.8 Å². The summed E-state index contributed by atoms with van der Waals surface area (Å²) in [7, 11) is -3.92. The number of aromatic nitrogens is 4. The van der Waals surface area contributed by atoms with Crippen molar-refractivity contribution < 1.29 is 8.42 Å². The number of nitrogens with zero attached hydrogens (tertiary/aromatic N) is 4. The first kappa shape index (κ1) is 18.8. The van der Waals surface area contributed by atoms with E-state index in [1.807, 2.05) is 37.3 Å². The van der Waals surface area contributed by atoms with Gasteiger partial charge in [-0.1, -0.05) is 48.0 Å². The van der Waals surface area contributed by atoms with E-state index in [2.05, 4.69) is 20.4 Å². The van der Waals surface area contributed by atoms with E-state index in [9.17, 15) is 8.42 Å². The molecule has 0 spiro atoms. The van der Waals surface area contributed by atoms with Gasteiger partial charge in [0.2, 0.25) is 5.95 Å². The maximum Gasteiger partial charge on any atom is 0.286 e. The molecule has 0 saturated carbocycles. The maximum absolute atomic E-state index is 13.2. The molecule has 8 heteroatoms. The van der Waals surface area contributed by atoms with Crippen LogP contribution in [0.25, 0.3) is 11.4 Å². The largest absolute Gasteiger partial charge is 0.349 e. The molecule has 0 aliphatic carbocycles. The Morgan fingerprint density at radius 1 is 0.966 bits per heavy atom. The standard InChI is InChI=1S/C21H19N5O2S/c1-16-9-11-19(12-10-16)29(27,28)26-21(23-14-17-6-3-2-4-7-17)24-20(25-26)18-8-5-13-22-15-18/h2-13,15H,14H2,1H3,(H,23,24,25). The summed E-state index contributed by atoms with van der Waals surface area (Å²) in [5.41, 5.74) is 2.60. The summed E-state index contributed by atoms with van der Waals surface area (Å²) < 4.78 is 27.4. The zero-order valence-electron chi connectivity index (χ0n) is 15.7. The summed E-state index contributed by atoms with van der Waals surface area (Å²) in [6.45, 7) is 2.31. The molecule has 1 N–H and O–H groups in total. The Balaban J connectivity index is 1.76. The molecule has 0 bridgehead atoms. The van der Waals surface area contributed by atoms with Crippen molar-refractivity contribution in [3.8, 4) is 11.4 Å². The van der Waals surface area contributed by atoms with Gasteiger partial charge in [0.25, 0.3) is 10.0 Å². The lowest BCUT2D eigenvalue weighted by molar-refractivity contribution is 0.580. The van der Waals surface area contributed by atoms with Crippen molar-refractivity contribution in [2.24, 2.45) is 0 Å². The monoisotopic (exact) mass is 405 g/mol. The van der Waals surface area contributed by atoms with Crippen molar-refractivity contribution in [3.05, 3.63) is 90.3 Å². The Kier molecular flexibility index (Phi) is 5.09. The van der Waals surface area contributed by atoms with Crippen LogP contribution in [0.1, 0.15) is 11.1 Å². The van der Waals surface area contributed by atoms with E-state index >= 15 is 0 Å².